The Labute approximate surface area is 276 Å². The van der Waals surface area contributed by atoms with E-state index in [0.29, 0.717) is 50.2 Å². The van der Waals surface area contributed by atoms with Crippen LogP contribution in [-0.4, -0.2) is 90.2 Å². The third kappa shape index (κ3) is 9.00. The third-order valence-electron chi connectivity index (χ3n) is 8.80. The summed E-state index contributed by atoms with van der Waals surface area (Å²) in [5, 5.41) is 22.1. The van der Waals surface area contributed by atoms with Crippen LogP contribution in [0, 0.1) is 5.92 Å². The molecule has 2 atom stereocenters. The van der Waals surface area contributed by atoms with Crippen molar-refractivity contribution in [1.29, 1.82) is 0 Å². The number of piperidine rings is 1. The summed E-state index contributed by atoms with van der Waals surface area (Å²) in [5.41, 5.74) is 1.82. The van der Waals surface area contributed by atoms with Gasteiger partial charge in [0.15, 0.2) is 0 Å². The van der Waals surface area contributed by atoms with Gasteiger partial charge in [-0.05, 0) is 67.0 Å². The van der Waals surface area contributed by atoms with E-state index in [2.05, 4.69) is 11.1 Å². The van der Waals surface area contributed by atoms with Crippen molar-refractivity contribution >= 4 is 12.0 Å². The number of hydrogen-bond donors (Lipinski definition) is 2. The van der Waals surface area contributed by atoms with Crippen LogP contribution in [0.4, 0.5) is 4.79 Å². The van der Waals surface area contributed by atoms with E-state index in [4.69, 9.17) is 18.9 Å². The molecule has 0 bridgehead atoms. The van der Waals surface area contributed by atoms with Crippen LogP contribution in [0.5, 0.6) is 11.6 Å². The zero-order valence-corrected chi connectivity index (χ0v) is 27.2. The van der Waals surface area contributed by atoms with Gasteiger partial charge in [-0.2, -0.15) is 0 Å². The zero-order chi connectivity index (χ0) is 33.2. The predicted molar refractivity (Wildman–Crippen MR) is 174 cm³/mol. The second-order valence-corrected chi connectivity index (χ2v) is 12.2. The normalized spacial score (nSPS) is 19.3. The van der Waals surface area contributed by atoms with Gasteiger partial charge in [0.2, 0.25) is 11.8 Å². The van der Waals surface area contributed by atoms with Crippen molar-refractivity contribution < 1.29 is 38.7 Å². The van der Waals surface area contributed by atoms with E-state index in [0.717, 1.165) is 42.4 Å². The van der Waals surface area contributed by atoms with Gasteiger partial charge in [0.25, 0.3) is 0 Å². The zero-order valence-electron chi connectivity index (χ0n) is 27.2. The number of hydrogen-bond acceptors (Lipinski definition) is 8. The molecule has 2 aromatic carbocycles. The number of likely N-dealkylation sites (tertiary alicyclic amines) is 1. The van der Waals surface area contributed by atoms with E-state index in [1.54, 1.807) is 31.3 Å². The SMILES string of the molecule is COCCCc1cc(CN(C(=O)[C@H]2CN(C(=O)O)CC[C@]2(O)c2ccc(OCc3ccccc3)nc2)C2CC2)cc(OCCOC)c1. The Bertz CT molecular complexity index is 1440. The molecule has 11 nitrogen and oxygen atoms in total. The molecule has 2 heterocycles. The van der Waals surface area contributed by atoms with Gasteiger partial charge in [-0.15, -0.1) is 0 Å². The van der Waals surface area contributed by atoms with E-state index in [-0.39, 0.29) is 31.5 Å². The molecular weight excluding hydrogens is 602 g/mol. The molecule has 2 N–H and O–H groups in total. The lowest BCUT2D eigenvalue weighted by Crippen LogP contribution is -2.57. The second-order valence-electron chi connectivity index (χ2n) is 12.2. The van der Waals surface area contributed by atoms with Crippen molar-refractivity contribution in [2.24, 2.45) is 5.92 Å². The van der Waals surface area contributed by atoms with Crippen molar-refractivity contribution in [3.05, 3.63) is 89.1 Å². The summed E-state index contributed by atoms with van der Waals surface area (Å²) in [7, 11) is 3.30. The average Bonchev–Trinajstić information content (AvgIpc) is 3.93. The lowest BCUT2D eigenvalue weighted by atomic mass is 9.75. The molecule has 3 aromatic rings. The molecule has 1 saturated heterocycles. The summed E-state index contributed by atoms with van der Waals surface area (Å²) in [4.78, 5) is 34.0. The lowest BCUT2D eigenvalue weighted by Gasteiger charge is -2.44. The topological polar surface area (TPSA) is 131 Å². The van der Waals surface area contributed by atoms with Crippen LogP contribution in [0.15, 0.2) is 66.9 Å². The second kappa shape index (κ2) is 16.1. The van der Waals surface area contributed by atoms with Crippen LogP contribution in [0.3, 0.4) is 0 Å². The highest BCUT2D eigenvalue weighted by atomic mass is 16.5. The van der Waals surface area contributed by atoms with Crippen molar-refractivity contribution in [1.82, 2.24) is 14.8 Å². The van der Waals surface area contributed by atoms with Gasteiger partial charge < -0.3 is 39.0 Å². The maximum absolute atomic E-state index is 14.5. The monoisotopic (exact) mass is 647 g/mol. The molecule has 0 unspecified atom stereocenters. The minimum Gasteiger partial charge on any atom is -0.491 e. The highest BCUT2D eigenvalue weighted by molar-refractivity contribution is 5.82. The molecular formula is C36H45N3O8. The number of methoxy groups -OCH3 is 2. The standard InChI is InChI=1S/C36H45N3O8/c1-44-16-6-9-27-19-28(21-31(20-27)46-18-17-45-2)23-39(30-11-12-30)34(40)32-24-38(35(41)42)15-14-36(32,43)29-10-13-33(37-22-29)47-25-26-7-4-3-5-8-26/h3-5,7-8,10,13,19-22,30,32,43H,6,9,11-12,14-18,23-25H2,1-2H3,(H,41,42)/t32-,36+/m1/s1. The summed E-state index contributed by atoms with van der Waals surface area (Å²) in [6.45, 7) is 2.10. The van der Waals surface area contributed by atoms with Crippen LogP contribution in [0.1, 0.15) is 47.9 Å². The van der Waals surface area contributed by atoms with Crippen LogP contribution >= 0.6 is 0 Å². The number of carbonyl (C=O) groups excluding carboxylic acids is 1. The third-order valence-corrected chi connectivity index (χ3v) is 8.80. The van der Waals surface area contributed by atoms with Gasteiger partial charge in [-0.25, -0.2) is 9.78 Å². The molecule has 1 aromatic heterocycles. The van der Waals surface area contributed by atoms with Gasteiger partial charge in [0.05, 0.1) is 12.5 Å². The number of pyridine rings is 1. The Morgan fingerprint density at radius 1 is 0.957 bits per heavy atom. The number of carboxylic acid groups (broad SMARTS) is 1. The Morgan fingerprint density at radius 3 is 2.40 bits per heavy atom. The quantitative estimate of drug-likeness (QED) is 0.214. The minimum absolute atomic E-state index is 0.00819. The molecule has 47 heavy (non-hydrogen) atoms. The molecule has 2 amide bonds. The highest BCUT2D eigenvalue weighted by Gasteiger charge is 2.51. The van der Waals surface area contributed by atoms with E-state index in [1.165, 1.54) is 11.1 Å². The summed E-state index contributed by atoms with van der Waals surface area (Å²) in [5.74, 6) is -0.215. The fraction of sp³-hybridized carbons (Fsp3) is 0.472. The predicted octanol–water partition coefficient (Wildman–Crippen LogP) is 4.64. The van der Waals surface area contributed by atoms with Gasteiger partial charge in [-0.1, -0.05) is 36.4 Å². The summed E-state index contributed by atoms with van der Waals surface area (Å²) in [6, 6.07) is 19.2. The summed E-state index contributed by atoms with van der Waals surface area (Å²) < 4.78 is 22.2. The summed E-state index contributed by atoms with van der Waals surface area (Å²) in [6.07, 6.45) is 3.80. The number of aliphatic hydroxyl groups is 1. The molecule has 2 fully saturated rings. The minimum atomic E-state index is -1.61. The van der Waals surface area contributed by atoms with E-state index in [9.17, 15) is 19.8 Å². The number of amides is 2. The van der Waals surface area contributed by atoms with E-state index >= 15 is 0 Å². The smallest absolute Gasteiger partial charge is 0.407 e. The Balaban J connectivity index is 1.38. The summed E-state index contributed by atoms with van der Waals surface area (Å²) >= 11 is 0. The molecule has 1 saturated carbocycles. The average molecular weight is 648 g/mol. The first-order chi connectivity index (χ1) is 22.8. The number of rotatable bonds is 16. The first kappa shape index (κ1) is 34.2. The van der Waals surface area contributed by atoms with Crippen molar-refractivity contribution in [2.75, 3.05) is 47.1 Å². The van der Waals surface area contributed by atoms with Crippen LogP contribution in [-0.2, 0) is 39.4 Å². The fourth-order valence-corrected chi connectivity index (χ4v) is 6.08. The van der Waals surface area contributed by atoms with E-state index < -0.39 is 17.6 Å². The van der Waals surface area contributed by atoms with Crippen LogP contribution < -0.4 is 9.47 Å². The van der Waals surface area contributed by atoms with Crippen LogP contribution in [0.2, 0.25) is 0 Å². The number of aryl methyl sites for hydroxylation is 1. The Morgan fingerprint density at radius 2 is 1.72 bits per heavy atom. The maximum atomic E-state index is 14.5. The molecule has 252 valence electrons. The number of benzene rings is 2. The first-order valence-corrected chi connectivity index (χ1v) is 16.2. The number of aromatic nitrogens is 1. The van der Waals surface area contributed by atoms with E-state index in [1.807, 2.05) is 42.5 Å². The highest BCUT2D eigenvalue weighted by Crippen LogP contribution is 2.41. The first-order valence-electron chi connectivity index (χ1n) is 16.2. The van der Waals surface area contributed by atoms with Gasteiger partial charge in [-0.3, -0.25) is 4.79 Å². The largest absolute Gasteiger partial charge is 0.491 e. The molecule has 5 rings (SSSR count). The van der Waals surface area contributed by atoms with Gasteiger partial charge in [0, 0.05) is 64.3 Å². The van der Waals surface area contributed by atoms with Crippen molar-refractivity contribution in [3.8, 4) is 11.6 Å². The Hall–Kier alpha value is -4.19. The molecule has 0 radical (unpaired) electrons. The molecule has 1 aliphatic heterocycles. The number of nitrogens with zero attached hydrogens (tertiary/aromatic N) is 3. The number of ether oxygens (including phenoxy) is 4. The van der Waals surface area contributed by atoms with Crippen molar-refractivity contribution in [2.45, 2.75) is 56.9 Å². The molecule has 11 heteroatoms. The maximum Gasteiger partial charge on any atom is 0.407 e. The molecule has 1 aliphatic carbocycles. The lowest BCUT2D eigenvalue weighted by molar-refractivity contribution is -0.154. The molecule has 2 aliphatic rings. The van der Waals surface area contributed by atoms with Crippen molar-refractivity contribution in [3.63, 3.8) is 0 Å². The van der Waals surface area contributed by atoms with Gasteiger partial charge >= 0.3 is 6.09 Å². The number of carbonyl (C=O) groups is 2. The van der Waals surface area contributed by atoms with Gasteiger partial charge in [0.1, 0.15) is 24.6 Å². The van der Waals surface area contributed by atoms with Crippen LogP contribution in [0.25, 0.3) is 0 Å². The fourth-order valence-electron chi connectivity index (χ4n) is 6.08. The Kier molecular flexibility index (Phi) is 11.7. The molecule has 0 spiro atoms.